The molecule has 2 atom stereocenters. The minimum Gasteiger partial charge on any atom is -0.388 e. The number of rotatable bonds is 0. The average Bonchev–Trinajstić information content (AvgIpc) is 1.86. The first-order valence-electron chi connectivity index (χ1n) is 2.61. The first kappa shape index (κ1) is 6.01. The van der Waals surface area contributed by atoms with Crippen LogP contribution >= 0.6 is 0 Å². The van der Waals surface area contributed by atoms with E-state index in [9.17, 15) is 0 Å². The number of hydrogen-bond acceptors (Lipinski definition) is 3. The molecule has 3 heteroatoms. The van der Waals surface area contributed by atoms with Crippen molar-refractivity contribution in [1.29, 1.82) is 0 Å². The summed E-state index contributed by atoms with van der Waals surface area (Å²) in [4.78, 5) is 0. The molecule has 0 aromatic carbocycles. The summed E-state index contributed by atoms with van der Waals surface area (Å²) in [6, 6.07) is 0. The molecule has 48 valence electrons. The van der Waals surface area contributed by atoms with Crippen molar-refractivity contribution in [1.82, 2.24) is 0 Å². The highest BCUT2D eigenvalue weighted by Crippen LogP contribution is 2.16. The van der Waals surface area contributed by atoms with Crippen molar-refractivity contribution in [2.24, 2.45) is 0 Å². The lowest BCUT2D eigenvalue weighted by Crippen LogP contribution is -2.37. The van der Waals surface area contributed by atoms with E-state index in [0.29, 0.717) is 0 Å². The Morgan fingerprint density at radius 2 is 2.38 bits per heavy atom. The van der Waals surface area contributed by atoms with Crippen LogP contribution in [-0.4, -0.2) is 35.1 Å². The molecule has 1 aliphatic heterocycles. The minimum absolute atomic E-state index is 0.244. The van der Waals surface area contributed by atoms with Gasteiger partial charge in [0.05, 0.1) is 13.2 Å². The fourth-order valence-corrected chi connectivity index (χ4v) is 0.653. The summed E-state index contributed by atoms with van der Waals surface area (Å²) < 4.78 is 4.77. The average molecular weight is 118 g/mol. The van der Waals surface area contributed by atoms with Crippen LogP contribution in [-0.2, 0) is 4.74 Å². The van der Waals surface area contributed by atoms with Crippen molar-refractivity contribution in [3.05, 3.63) is 0 Å². The molecule has 0 amide bonds. The van der Waals surface area contributed by atoms with Crippen molar-refractivity contribution in [2.45, 2.75) is 18.6 Å². The van der Waals surface area contributed by atoms with Crippen LogP contribution in [0.4, 0.5) is 0 Å². The van der Waals surface area contributed by atoms with Crippen LogP contribution in [0.3, 0.4) is 0 Å². The minimum atomic E-state index is -1.01. The lowest BCUT2D eigenvalue weighted by molar-refractivity contribution is -0.0274. The molecule has 2 N–H and O–H groups in total. The van der Waals surface area contributed by atoms with Gasteiger partial charge in [0, 0.05) is 0 Å². The monoisotopic (exact) mass is 118 g/mol. The molecule has 0 unspecified atom stereocenters. The molecule has 0 aromatic heterocycles. The molecule has 1 saturated heterocycles. The third-order valence-electron chi connectivity index (χ3n) is 1.39. The highest BCUT2D eigenvalue weighted by Gasteiger charge is 2.36. The molecule has 0 spiro atoms. The molecule has 0 bridgehead atoms. The summed E-state index contributed by atoms with van der Waals surface area (Å²) in [6.45, 7) is 2.06. The van der Waals surface area contributed by atoms with Gasteiger partial charge in [-0.2, -0.15) is 0 Å². The van der Waals surface area contributed by atoms with E-state index in [1.165, 1.54) is 0 Å². The van der Waals surface area contributed by atoms with Crippen molar-refractivity contribution in [3.8, 4) is 0 Å². The maximum Gasteiger partial charge on any atom is 0.113 e. The van der Waals surface area contributed by atoms with Crippen molar-refractivity contribution in [3.63, 3.8) is 0 Å². The molecule has 8 heavy (non-hydrogen) atoms. The predicted molar refractivity (Wildman–Crippen MR) is 27.4 cm³/mol. The number of aliphatic hydroxyl groups excluding tert-OH is 1. The zero-order chi connectivity index (χ0) is 6.20. The Bertz CT molecular complexity index is 89.7. The maximum atomic E-state index is 9.09. The van der Waals surface area contributed by atoms with E-state index in [4.69, 9.17) is 14.9 Å². The van der Waals surface area contributed by atoms with Crippen molar-refractivity contribution in [2.75, 3.05) is 13.2 Å². The van der Waals surface area contributed by atoms with Gasteiger partial charge in [0.25, 0.3) is 0 Å². The van der Waals surface area contributed by atoms with E-state index in [2.05, 4.69) is 0 Å². The number of hydrogen-bond donors (Lipinski definition) is 2. The van der Waals surface area contributed by atoms with Gasteiger partial charge in [0.15, 0.2) is 0 Å². The first-order chi connectivity index (χ1) is 3.63. The second-order valence-electron chi connectivity index (χ2n) is 2.39. The normalized spacial score (nSPS) is 47.6. The molecule has 3 nitrogen and oxygen atoms in total. The highest BCUT2D eigenvalue weighted by atomic mass is 16.5. The van der Waals surface area contributed by atoms with E-state index >= 15 is 0 Å². The lowest BCUT2D eigenvalue weighted by Gasteiger charge is -2.16. The van der Waals surface area contributed by atoms with E-state index in [-0.39, 0.29) is 13.2 Å². The van der Waals surface area contributed by atoms with E-state index in [1.54, 1.807) is 6.92 Å². The fraction of sp³-hybridized carbons (Fsp3) is 1.00. The second-order valence-corrected chi connectivity index (χ2v) is 2.39. The SMILES string of the molecule is C[C@@]1(O)COC[C@H]1O. The molecule has 1 fully saturated rings. The van der Waals surface area contributed by atoms with Gasteiger partial charge in [-0.3, -0.25) is 0 Å². The Labute approximate surface area is 47.9 Å². The van der Waals surface area contributed by atoms with Crippen LogP contribution in [0.2, 0.25) is 0 Å². The summed E-state index contributed by atoms with van der Waals surface area (Å²) in [5, 5.41) is 18.0. The van der Waals surface area contributed by atoms with Crippen molar-refractivity contribution >= 4 is 0 Å². The van der Waals surface area contributed by atoms with E-state index in [1.807, 2.05) is 0 Å². The molecule has 1 heterocycles. The van der Waals surface area contributed by atoms with E-state index in [0.717, 1.165) is 0 Å². The first-order valence-corrected chi connectivity index (χ1v) is 2.61. The Hall–Kier alpha value is -0.120. The van der Waals surface area contributed by atoms with Crippen molar-refractivity contribution < 1.29 is 14.9 Å². The largest absolute Gasteiger partial charge is 0.388 e. The zero-order valence-corrected chi connectivity index (χ0v) is 4.79. The van der Waals surface area contributed by atoms with E-state index < -0.39 is 11.7 Å². The van der Waals surface area contributed by atoms with Gasteiger partial charge >= 0.3 is 0 Å². The Morgan fingerprint density at radius 1 is 1.75 bits per heavy atom. The molecular weight excluding hydrogens is 108 g/mol. The standard InChI is InChI=1S/C5H10O3/c1-5(7)3-8-2-4(5)6/h4,6-7H,2-3H2,1H3/t4-,5-/m1/s1. The topological polar surface area (TPSA) is 49.7 Å². The summed E-state index contributed by atoms with van der Waals surface area (Å²) >= 11 is 0. The molecule has 0 aromatic rings. The smallest absolute Gasteiger partial charge is 0.113 e. The second kappa shape index (κ2) is 1.69. The molecular formula is C5H10O3. The van der Waals surface area contributed by atoms with Crippen LogP contribution in [0.1, 0.15) is 6.92 Å². The van der Waals surface area contributed by atoms with Gasteiger partial charge in [-0.1, -0.05) is 0 Å². The van der Waals surface area contributed by atoms with Gasteiger partial charge < -0.3 is 14.9 Å². The summed E-state index contributed by atoms with van der Waals surface area (Å²) in [7, 11) is 0. The highest BCUT2D eigenvalue weighted by molar-refractivity contribution is 4.85. The third kappa shape index (κ3) is 0.844. The maximum absolute atomic E-state index is 9.09. The Balaban J connectivity index is 2.54. The fourth-order valence-electron chi connectivity index (χ4n) is 0.653. The number of aliphatic hydroxyl groups is 2. The van der Waals surface area contributed by atoms with Crippen LogP contribution < -0.4 is 0 Å². The van der Waals surface area contributed by atoms with Gasteiger partial charge in [-0.05, 0) is 6.92 Å². The Kier molecular flexibility index (Phi) is 1.27. The quantitative estimate of drug-likeness (QED) is 0.434. The van der Waals surface area contributed by atoms with Crippen LogP contribution in [0.25, 0.3) is 0 Å². The van der Waals surface area contributed by atoms with Gasteiger partial charge in [0.2, 0.25) is 0 Å². The molecule has 0 saturated carbocycles. The zero-order valence-electron chi connectivity index (χ0n) is 4.79. The summed E-state index contributed by atoms with van der Waals surface area (Å²) in [5.74, 6) is 0. The summed E-state index contributed by atoms with van der Waals surface area (Å²) in [5.41, 5.74) is -1.01. The molecule has 0 aliphatic carbocycles. The lowest BCUT2D eigenvalue weighted by atomic mass is 10.0. The Morgan fingerprint density at radius 3 is 2.50 bits per heavy atom. The molecule has 1 aliphatic rings. The number of ether oxygens (including phenoxy) is 1. The van der Waals surface area contributed by atoms with Gasteiger partial charge in [0.1, 0.15) is 11.7 Å². The third-order valence-corrected chi connectivity index (χ3v) is 1.39. The molecule has 1 rings (SSSR count). The van der Waals surface area contributed by atoms with Crippen LogP contribution in [0.5, 0.6) is 0 Å². The predicted octanol–water partition coefficient (Wildman–Crippen LogP) is -0.872. The van der Waals surface area contributed by atoms with Gasteiger partial charge in [-0.25, -0.2) is 0 Å². The van der Waals surface area contributed by atoms with Gasteiger partial charge in [-0.15, -0.1) is 0 Å². The summed E-state index contributed by atoms with van der Waals surface area (Å²) in [6.07, 6.45) is -0.706. The molecule has 0 radical (unpaired) electrons. The van der Waals surface area contributed by atoms with Crippen LogP contribution in [0.15, 0.2) is 0 Å². The van der Waals surface area contributed by atoms with Crippen LogP contribution in [0, 0.1) is 0 Å².